The van der Waals surface area contributed by atoms with Crippen LogP contribution in [0, 0.1) is 29.6 Å². The molecule has 2 heteroatoms. The molecule has 16 heavy (non-hydrogen) atoms. The van der Waals surface area contributed by atoms with Crippen molar-refractivity contribution < 1.29 is 9.53 Å². The lowest BCUT2D eigenvalue weighted by Gasteiger charge is -2.02. The number of carbonyl (C=O) groups excluding carboxylic acids is 1. The van der Waals surface area contributed by atoms with Crippen molar-refractivity contribution in [1.29, 1.82) is 0 Å². The molecule has 3 atom stereocenters. The number of esters is 1. The van der Waals surface area contributed by atoms with E-state index in [0.717, 1.165) is 31.1 Å². The van der Waals surface area contributed by atoms with Crippen LogP contribution in [0.15, 0.2) is 0 Å². The number of carbonyl (C=O) groups is 1. The van der Waals surface area contributed by atoms with E-state index >= 15 is 0 Å². The topological polar surface area (TPSA) is 26.3 Å². The molecule has 0 spiro atoms. The number of fused-ring (bicyclic) bond motifs is 1. The predicted octanol–water partition coefficient (Wildman–Crippen LogP) is 2.77. The summed E-state index contributed by atoms with van der Waals surface area (Å²) >= 11 is 0. The molecule has 0 aromatic heterocycles. The first-order valence-corrected chi connectivity index (χ1v) is 6.44. The predicted molar refractivity (Wildman–Crippen MR) is 62.6 cm³/mol. The first-order chi connectivity index (χ1) is 7.83. The van der Waals surface area contributed by atoms with E-state index in [1.165, 1.54) is 12.8 Å². The van der Waals surface area contributed by atoms with Crippen molar-refractivity contribution >= 4 is 5.97 Å². The van der Waals surface area contributed by atoms with Gasteiger partial charge < -0.3 is 4.74 Å². The van der Waals surface area contributed by atoms with Gasteiger partial charge in [-0.2, -0.15) is 0 Å². The molecular formula is C14H20O2. The highest BCUT2D eigenvalue weighted by Crippen LogP contribution is 2.52. The maximum atomic E-state index is 11.3. The Morgan fingerprint density at radius 1 is 1.25 bits per heavy atom. The minimum Gasteiger partial charge on any atom is -0.465 e. The maximum Gasteiger partial charge on any atom is 0.305 e. The molecular weight excluding hydrogens is 200 g/mol. The number of ether oxygens (including phenoxy) is 1. The minimum absolute atomic E-state index is 0.0296. The number of hydrogen-bond donors (Lipinski definition) is 0. The van der Waals surface area contributed by atoms with Gasteiger partial charge in [-0.15, -0.1) is 11.8 Å². The van der Waals surface area contributed by atoms with E-state index in [-0.39, 0.29) is 5.97 Å². The second kappa shape index (κ2) is 5.39. The third-order valence-corrected chi connectivity index (χ3v) is 3.73. The molecule has 0 bridgehead atoms. The van der Waals surface area contributed by atoms with Gasteiger partial charge in [0, 0.05) is 19.3 Å². The standard InChI is InChI=1S/C14H20O2/c1-2-7-14(15)16-10-13-11-8-5-3-4-6-9-12(11)13/h11-13H,2,5-10H2,1H3/t11-,12+,13?. The van der Waals surface area contributed by atoms with Gasteiger partial charge in [0.25, 0.3) is 0 Å². The van der Waals surface area contributed by atoms with Gasteiger partial charge in [0.2, 0.25) is 0 Å². The second-order valence-electron chi connectivity index (χ2n) is 4.86. The minimum atomic E-state index is -0.0296. The molecule has 1 fully saturated rings. The van der Waals surface area contributed by atoms with Crippen LogP contribution in [0.4, 0.5) is 0 Å². The average molecular weight is 220 g/mol. The van der Waals surface area contributed by atoms with Gasteiger partial charge >= 0.3 is 5.97 Å². The molecule has 1 unspecified atom stereocenters. The molecule has 0 heterocycles. The zero-order valence-corrected chi connectivity index (χ0v) is 10.00. The van der Waals surface area contributed by atoms with Crippen LogP contribution in [0.25, 0.3) is 0 Å². The Bertz CT molecular complexity index is 292. The first-order valence-electron chi connectivity index (χ1n) is 6.44. The SMILES string of the molecule is CCCC(=O)OCC1[C@H]2CCC#CCC[C@@H]12. The van der Waals surface area contributed by atoms with Crippen LogP contribution >= 0.6 is 0 Å². The fraction of sp³-hybridized carbons (Fsp3) is 0.786. The summed E-state index contributed by atoms with van der Waals surface area (Å²) in [5.41, 5.74) is 0. The maximum absolute atomic E-state index is 11.3. The molecule has 0 aliphatic heterocycles. The van der Waals surface area contributed by atoms with Gasteiger partial charge in [-0.3, -0.25) is 4.79 Å². The largest absolute Gasteiger partial charge is 0.465 e. The van der Waals surface area contributed by atoms with Crippen molar-refractivity contribution in [3.05, 3.63) is 0 Å². The monoisotopic (exact) mass is 220 g/mol. The summed E-state index contributed by atoms with van der Waals surface area (Å²) < 4.78 is 5.30. The van der Waals surface area contributed by atoms with E-state index < -0.39 is 0 Å². The molecule has 88 valence electrons. The Kier molecular flexibility index (Phi) is 3.88. The third-order valence-electron chi connectivity index (χ3n) is 3.73. The lowest BCUT2D eigenvalue weighted by atomic mass is 10.1. The summed E-state index contributed by atoms with van der Waals surface area (Å²) in [5.74, 6) is 8.55. The lowest BCUT2D eigenvalue weighted by Crippen LogP contribution is -2.07. The Morgan fingerprint density at radius 3 is 2.44 bits per heavy atom. The highest BCUT2D eigenvalue weighted by molar-refractivity contribution is 5.69. The van der Waals surface area contributed by atoms with E-state index in [1.54, 1.807) is 0 Å². The van der Waals surface area contributed by atoms with Crippen molar-refractivity contribution in [3.63, 3.8) is 0 Å². The highest BCUT2D eigenvalue weighted by Gasteiger charge is 2.49. The summed E-state index contributed by atoms with van der Waals surface area (Å²) in [6.45, 7) is 2.65. The van der Waals surface area contributed by atoms with Crippen molar-refractivity contribution in [2.45, 2.75) is 45.4 Å². The molecule has 0 N–H and O–H groups in total. The fourth-order valence-corrected chi connectivity index (χ4v) is 2.75. The van der Waals surface area contributed by atoms with Crippen molar-refractivity contribution in [2.24, 2.45) is 17.8 Å². The van der Waals surface area contributed by atoms with Crippen molar-refractivity contribution in [3.8, 4) is 11.8 Å². The van der Waals surface area contributed by atoms with Crippen LogP contribution in [-0.4, -0.2) is 12.6 Å². The van der Waals surface area contributed by atoms with Crippen LogP contribution in [0.2, 0.25) is 0 Å². The van der Waals surface area contributed by atoms with Crippen LogP contribution in [0.3, 0.4) is 0 Å². The third kappa shape index (κ3) is 2.78. The first kappa shape index (κ1) is 11.5. The molecule has 0 amide bonds. The van der Waals surface area contributed by atoms with Crippen LogP contribution in [0.5, 0.6) is 0 Å². The molecule has 0 saturated heterocycles. The summed E-state index contributed by atoms with van der Waals surface area (Å²) in [7, 11) is 0. The van der Waals surface area contributed by atoms with Crippen molar-refractivity contribution in [1.82, 2.24) is 0 Å². The summed E-state index contributed by atoms with van der Waals surface area (Å²) in [6, 6.07) is 0. The van der Waals surface area contributed by atoms with Crippen molar-refractivity contribution in [2.75, 3.05) is 6.61 Å². The quantitative estimate of drug-likeness (QED) is 0.538. The van der Waals surface area contributed by atoms with Crippen LogP contribution in [0.1, 0.15) is 45.4 Å². The van der Waals surface area contributed by atoms with Gasteiger partial charge in [0.1, 0.15) is 0 Å². The Balaban J connectivity index is 1.71. The summed E-state index contributed by atoms with van der Waals surface area (Å²) in [4.78, 5) is 11.3. The summed E-state index contributed by atoms with van der Waals surface area (Å²) in [6.07, 6.45) is 5.90. The van der Waals surface area contributed by atoms with E-state index in [0.29, 0.717) is 18.9 Å². The van der Waals surface area contributed by atoms with Gasteiger partial charge in [0.05, 0.1) is 6.61 Å². The zero-order valence-electron chi connectivity index (χ0n) is 10.00. The van der Waals surface area contributed by atoms with E-state index in [2.05, 4.69) is 11.8 Å². The molecule has 2 aliphatic rings. The number of hydrogen-bond acceptors (Lipinski definition) is 2. The normalized spacial score (nSPS) is 31.4. The second-order valence-corrected chi connectivity index (χ2v) is 4.86. The Morgan fingerprint density at radius 2 is 1.88 bits per heavy atom. The Labute approximate surface area is 97.7 Å². The van der Waals surface area contributed by atoms with Gasteiger partial charge in [-0.05, 0) is 37.0 Å². The van der Waals surface area contributed by atoms with E-state index in [1.807, 2.05) is 6.92 Å². The highest BCUT2D eigenvalue weighted by atomic mass is 16.5. The number of rotatable bonds is 4. The van der Waals surface area contributed by atoms with E-state index in [4.69, 9.17) is 4.74 Å². The molecule has 2 nitrogen and oxygen atoms in total. The van der Waals surface area contributed by atoms with Gasteiger partial charge in [-0.1, -0.05) is 6.92 Å². The lowest BCUT2D eigenvalue weighted by molar-refractivity contribution is -0.144. The zero-order chi connectivity index (χ0) is 11.4. The summed E-state index contributed by atoms with van der Waals surface area (Å²) in [5, 5.41) is 0. The Hall–Kier alpha value is -0.970. The molecule has 0 aromatic rings. The smallest absolute Gasteiger partial charge is 0.305 e. The molecule has 0 aromatic carbocycles. The van der Waals surface area contributed by atoms with Gasteiger partial charge in [0.15, 0.2) is 0 Å². The molecule has 2 rings (SSSR count). The van der Waals surface area contributed by atoms with Crippen LogP contribution in [-0.2, 0) is 9.53 Å². The van der Waals surface area contributed by atoms with Gasteiger partial charge in [-0.25, -0.2) is 0 Å². The average Bonchev–Trinajstić information content (AvgIpc) is 2.86. The molecule has 0 radical (unpaired) electrons. The van der Waals surface area contributed by atoms with E-state index in [9.17, 15) is 4.79 Å². The fourth-order valence-electron chi connectivity index (χ4n) is 2.75. The van der Waals surface area contributed by atoms with Crippen LogP contribution < -0.4 is 0 Å². The molecule has 1 saturated carbocycles. The molecule has 2 aliphatic carbocycles.